The van der Waals surface area contributed by atoms with E-state index >= 15 is 0 Å². The molecule has 0 amide bonds. The van der Waals surface area contributed by atoms with Gasteiger partial charge in [0.2, 0.25) is 0 Å². The Morgan fingerprint density at radius 3 is 2.54 bits per heavy atom. The quantitative estimate of drug-likeness (QED) is 0.509. The molecule has 0 bridgehead atoms. The summed E-state index contributed by atoms with van der Waals surface area (Å²) < 4.78 is 2.93. The van der Waals surface area contributed by atoms with Gasteiger partial charge in [0, 0.05) is 28.2 Å². The lowest BCUT2D eigenvalue weighted by Gasteiger charge is -2.04. The van der Waals surface area contributed by atoms with Gasteiger partial charge in [-0.1, -0.05) is 44.2 Å². The van der Waals surface area contributed by atoms with Crippen LogP contribution in [0.5, 0.6) is 0 Å². The van der Waals surface area contributed by atoms with Crippen molar-refractivity contribution in [2.45, 2.75) is 45.4 Å². The third kappa shape index (κ3) is 8.79. The van der Waals surface area contributed by atoms with Gasteiger partial charge in [-0.05, 0) is 18.4 Å². The minimum absolute atomic E-state index is 0.845. The fraction of sp³-hybridized carbons (Fsp3) is 0.800. The zero-order valence-electron chi connectivity index (χ0n) is 8.28. The highest BCUT2D eigenvalue weighted by Crippen LogP contribution is 2.11. The first kappa shape index (κ1) is 13.5. The largest absolute Gasteiger partial charge is 0.252 e. The number of hydrogen-bond donors (Lipinski definition) is 1. The average molecular weight is 269 g/mol. The molecule has 3 heteroatoms. The highest BCUT2D eigenvalue weighted by Gasteiger charge is 1.95. The summed E-state index contributed by atoms with van der Waals surface area (Å²) in [6, 6.07) is 0. The van der Waals surface area contributed by atoms with Gasteiger partial charge >= 0.3 is 0 Å². The highest BCUT2D eigenvalue weighted by atomic mass is 79.9. The van der Waals surface area contributed by atoms with Crippen LogP contribution in [0.2, 0.25) is 0 Å². The van der Waals surface area contributed by atoms with Gasteiger partial charge in [-0.15, -0.1) is 0 Å². The Kier molecular flexibility index (Phi) is 10.9. The summed E-state index contributed by atoms with van der Waals surface area (Å²) >= 11 is 8.84. The second-order valence-corrected chi connectivity index (χ2v) is 4.02. The van der Waals surface area contributed by atoms with Gasteiger partial charge in [0.15, 0.2) is 0 Å². The maximum atomic E-state index is 5.66. The monoisotopic (exact) mass is 267 g/mol. The number of nitrogens with one attached hydrogen (secondary N) is 1. The van der Waals surface area contributed by atoms with Crippen molar-refractivity contribution in [2.24, 2.45) is 0 Å². The fourth-order valence-corrected chi connectivity index (χ4v) is 1.77. The van der Waals surface area contributed by atoms with Crippen LogP contribution in [-0.4, -0.2) is 6.54 Å². The molecule has 0 aliphatic heterocycles. The van der Waals surface area contributed by atoms with E-state index in [9.17, 15) is 0 Å². The summed E-state index contributed by atoms with van der Waals surface area (Å²) in [5, 5.41) is 0. The molecule has 0 aliphatic rings. The summed E-state index contributed by atoms with van der Waals surface area (Å²) in [6.45, 7) is 3.08. The predicted octanol–water partition coefficient (Wildman–Crippen LogP) is 4.37. The van der Waals surface area contributed by atoms with Crippen LogP contribution in [0.15, 0.2) is 11.1 Å². The number of hydrogen-bond acceptors (Lipinski definition) is 1. The summed E-state index contributed by atoms with van der Waals surface area (Å²) in [5.74, 6) is 0. The van der Waals surface area contributed by atoms with Crippen LogP contribution in [-0.2, 0) is 0 Å². The van der Waals surface area contributed by atoms with Crippen LogP contribution in [0, 0.1) is 0 Å². The molecule has 0 aromatic rings. The number of rotatable bonds is 8. The summed E-state index contributed by atoms with van der Waals surface area (Å²) in [4.78, 5) is 0. The molecular formula is C10H19BrClN. The van der Waals surface area contributed by atoms with E-state index in [1.165, 1.54) is 37.7 Å². The molecule has 0 saturated carbocycles. The molecule has 0 heterocycles. The second kappa shape index (κ2) is 10.6. The van der Waals surface area contributed by atoms with Crippen LogP contribution < -0.4 is 4.34 Å². The Morgan fingerprint density at radius 1 is 1.31 bits per heavy atom. The summed E-state index contributed by atoms with van der Waals surface area (Å²) in [6.07, 6.45) is 7.72. The molecule has 0 atom stereocenters. The normalized spacial score (nSPS) is 12.1. The first-order valence-electron chi connectivity index (χ1n) is 4.96. The maximum absolute atomic E-state index is 5.66. The topological polar surface area (TPSA) is 12.0 Å². The van der Waals surface area contributed by atoms with Crippen LogP contribution >= 0.6 is 27.7 Å². The Morgan fingerprint density at radius 2 is 2.00 bits per heavy atom. The van der Waals surface area contributed by atoms with Crippen molar-refractivity contribution in [1.82, 2.24) is 4.34 Å². The fourth-order valence-electron chi connectivity index (χ4n) is 1.22. The first-order valence-corrected chi connectivity index (χ1v) is 6.19. The predicted molar refractivity (Wildman–Crippen MR) is 64.2 cm³/mol. The Bertz CT molecular complexity index is 137. The highest BCUT2D eigenvalue weighted by molar-refractivity contribution is 9.08. The van der Waals surface area contributed by atoms with E-state index in [-0.39, 0.29) is 0 Å². The lowest BCUT2D eigenvalue weighted by Crippen LogP contribution is -2.03. The lowest BCUT2D eigenvalue weighted by atomic mass is 10.1. The maximum Gasteiger partial charge on any atom is 0.0283 e. The van der Waals surface area contributed by atoms with Crippen molar-refractivity contribution in [1.29, 1.82) is 0 Å². The van der Waals surface area contributed by atoms with E-state index in [0.717, 1.165) is 13.0 Å². The van der Waals surface area contributed by atoms with Gasteiger partial charge < -0.3 is 0 Å². The molecule has 0 rings (SSSR count). The first-order chi connectivity index (χ1) is 6.35. The standard InChI is InChI=1S/C10H19BrClN/c1-2-3-4-5-6-7-10(8-12)9-13-11/h8,13H,2-7,9H2,1H3. The van der Waals surface area contributed by atoms with E-state index in [2.05, 4.69) is 27.4 Å². The Labute approximate surface area is 95.3 Å². The van der Waals surface area contributed by atoms with Gasteiger partial charge in [0.05, 0.1) is 0 Å². The van der Waals surface area contributed by atoms with Gasteiger partial charge in [-0.3, -0.25) is 4.34 Å². The SMILES string of the molecule is CCCCCCCC(=CCl)CNBr. The molecule has 0 aliphatic carbocycles. The minimum Gasteiger partial charge on any atom is -0.252 e. The van der Waals surface area contributed by atoms with E-state index in [0.29, 0.717) is 0 Å². The van der Waals surface area contributed by atoms with Crippen molar-refractivity contribution in [2.75, 3.05) is 6.54 Å². The lowest BCUT2D eigenvalue weighted by molar-refractivity contribution is 0.627. The third-order valence-corrected chi connectivity index (χ3v) is 2.64. The molecule has 0 unspecified atom stereocenters. The molecule has 1 N–H and O–H groups in total. The molecule has 0 radical (unpaired) electrons. The molecule has 0 aromatic carbocycles. The molecule has 0 aromatic heterocycles. The molecule has 78 valence electrons. The molecule has 0 spiro atoms. The van der Waals surface area contributed by atoms with Gasteiger partial charge in [-0.25, -0.2) is 0 Å². The molecule has 1 nitrogen and oxygen atoms in total. The van der Waals surface area contributed by atoms with E-state index in [4.69, 9.17) is 11.6 Å². The van der Waals surface area contributed by atoms with Crippen LogP contribution in [0.3, 0.4) is 0 Å². The average Bonchev–Trinajstić information content (AvgIpc) is 2.16. The molecular weight excluding hydrogens is 249 g/mol. The molecule has 0 saturated heterocycles. The van der Waals surface area contributed by atoms with E-state index in [1.807, 2.05) is 0 Å². The molecule has 13 heavy (non-hydrogen) atoms. The third-order valence-electron chi connectivity index (χ3n) is 2.05. The summed E-state index contributed by atoms with van der Waals surface area (Å²) in [5.41, 5.74) is 2.96. The number of halogens is 2. The van der Waals surface area contributed by atoms with E-state index < -0.39 is 0 Å². The Balaban J connectivity index is 3.29. The zero-order chi connectivity index (χ0) is 9.94. The van der Waals surface area contributed by atoms with Crippen molar-refractivity contribution in [3.63, 3.8) is 0 Å². The zero-order valence-corrected chi connectivity index (χ0v) is 10.6. The van der Waals surface area contributed by atoms with Crippen LogP contribution in [0.25, 0.3) is 0 Å². The summed E-state index contributed by atoms with van der Waals surface area (Å²) in [7, 11) is 0. The molecule has 0 fully saturated rings. The van der Waals surface area contributed by atoms with Crippen LogP contribution in [0.1, 0.15) is 45.4 Å². The smallest absolute Gasteiger partial charge is 0.0283 e. The van der Waals surface area contributed by atoms with Gasteiger partial charge in [0.25, 0.3) is 0 Å². The number of unbranched alkanes of at least 4 members (excludes halogenated alkanes) is 4. The van der Waals surface area contributed by atoms with E-state index in [1.54, 1.807) is 5.54 Å². The second-order valence-electron chi connectivity index (χ2n) is 3.24. The van der Waals surface area contributed by atoms with Crippen molar-refractivity contribution >= 4 is 27.7 Å². The van der Waals surface area contributed by atoms with Gasteiger partial charge in [-0.2, -0.15) is 0 Å². The van der Waals surface area contributed by atoms with Crippen molar-refractivity contribution < 1.29 is 0 Å². The minimum atomic E-state index is 0.845. The van der Waals surface area contributed by atoms with Crippen molar-refractivity contribution in [3.05, 3.63) is 11.1 Å². The van der Waals surface area contributed by atoms with Crippen LogP contribution in [0.4, 0.5) is 0 Å². The van der Waals surface area contributed by atoms with Crippen molar-refractivity contribution in [3.8, 4) is 0 Å². The Hall–Kier alpha value is 0.470. The van der Waals surface area contributed by atoms with Gasteiger partial charge in [0.1, 0.15) is 0 Å².